The summed E-state index contributed by atoms with van der Waals surface area (Å²) in [5.74, 6) is 0.505. The predicted octanol–water partition coefficient (Wildman–Crippen LogP) is 2.98. The number of fused-ring (bicyclic) bond motifs is 2. The van der Waals surface area contributed by atoms with Gasteiger partial charge in [0, 0.05) is 55.6 Å². The Morgan fingerprint density at radius 3 is 2.88 bits per heavy atom. The quantitative estimate of drug-likeness (QED) is 0.434. The number of aliphatic hydroxyl groups is 1. The Labute approximate surface area is 196 Å². The molecule has 34 heavy (non-hydrogen) atoms. The Kier molecular flexibility index (Phi) is 4.91. The Hall–Kier alpha value is -3.98. The van der Waals surface area contributed by atoms with Gasteiger partial charge in [0.25, 0.3) is 5.91 Å². The average Bonchev–Trinajstić information content (AvgIpc) is 3.43. The third kappa shape index (κ3) is 3.45. The summed E-state index contributed by atoms with van der Waals surface area (Å²) in [4.78, 5) is 28.7. The fourth-order valence-electron chi connectivity index (χ4n) is 4.91. The van der Waals surface area contributed by atoms with Gasteiger partial charge in [-0.1, -0.05) is 0 Å². The maximum atomic E-state index is 12.8. The second kappa shape index (κ2) is 8.11. The number of nitrogens with one attached hydrogen (secondary N) is 2. The van der Waals surface area contributed by atoms with Gasteiger partial charge in [0.2, 0.25) is 0 Å². The number of aromatic nitrogens is 4. The van der Waals surface area contributed by atoms with Crippen LogP contribution in [0.4, 0.5) is 17.2 Å². The number of nitrogens with zero attached hydrogens (tertiary/aromatic N) is 5. The molecule has 4 aromatic heterocycles. The molecule has 0 saturated carbocycles. The molecule has 0 aliphatic carbocycles. The smallest absolute Gasteiger partial charge is 0.254 e. The van der Waals surface area contributed by atoms with Crippen LogP contribution in [-0.4, -0.2) is 49.7 Å². The van der Waals surface area contributed by atoms with Crippen LogP contribution in [0, 0.1) is 0 Å². The summed E-state index contributed by atoms with van der Waals surface area (Å²) in [6, 6.07) is 7.84. The van der Waals surface area contributed by atoms with Crippen molar-refractivity contribution in [3.63, 3.8) is 0 Å². The molecular formula is C25H25N7O2. The van der Waals surface area contributed by atoms with E-state index in [1.165, 1.54) is 0 Å². The number of carbonyl (C=O) groups excluding carboxylic acids is 1. The second-order valence-electron chi connectivity index (χ2n) is 8.85. The first-order valence-electron chi connectivity index (χ1n) is 11.4. The van der Waals surface area contributed by atoms with E-state index in [1.807, 2.05) is 42.1 Å². The van der Waals surface area contributed by atoms with Crippen LogP contribution in [-0.2, 0) is 13.6 Å². The molecule has 0 spiro atoms. The third-order valence-corrected chi connectivity index (χ3v) is 6.63. The number of aliphatic hydroxyl groups excluding tert-OH is 1. The molecule has 9 heteroatoms. The van der Waals surface area contributed by atoms with Gasteiger partial charge in [0.05, 0.1) is 41.1 Å². The van der Waals surface area contributed by atoms with Crippen LogP contribution in [0.25, 0.3) is 22.3 Å². The zero-order valence-electron chi connectivity index (χ0n) is 18.8. The molecule has 0 bridgehead atoms. The molecule has 3 N–H and O–H groups in total. The molecule has 2 aliphatic heterocycles. The lowest BCUT2D eigenvalue weighted by Crippen LogP contribution is -2.38. The number of carbonyl (C=O) groups is 1. The molecule has 6 rings (SSSR count). The molecule has 0 radical (unpaired) electrons. The fourth-order valence-corrected chi connectivity index (χ4v) is 4.91. The fraction of sp³-hybridized carbons (Fsp3) is 0.280. The minimum absolute atomic E-state index is 0.126. The van der Waals surface area contributed by atoms with Gasteiger partial charge in [-0.05, 0) is 37.1 Å². The van der Waals surface area contributed by atoms with Crippen molar-refractivity contribution in [2.45, 2.75) is 25.5 Å². The van der Waals surface area contributed by atoms with Crippen molar-refractivity contribution in [2.75, 3.05) is 23.3 Å². The number of β-amino-alcohol motifs (C(OH)–C–C–N with tert-alkyl or cyclic N) is 1. The van der Waals surface area contributed by atoms with Crippen molar-refractivity contribution in [1.82, 2.24) is 24.8 Å². The molecule has 172 valence electrons. The van der Waals surface area contributed by atoms with Crippen molar-refractivity contribution in [3.05, 3.63) is 60.2 Å². The van der Waals surface area contributed by atoms with Crippen LogP contribution < -0.4 is 15.5 Å². The highest BCUT2D eigenvalue weighted by Crippen LogP contribution is 2.36. The molecule has 1 unspecified atom stereocenters. The van der Waals surface area contributed by atoms with Gasteiger partial charge >= 0.3 is 0 Å². The zero-order chi connectivity index (χ0) is 23.2. The summed E-state index contributed by atoms with van der Waals surface area (Å²) < 4.78 is 1.97. The number of rotatable bonds is 4. The lowest BCUT2D eigenvalue weighted by Gasteiger charge is -2.31. The van der Waals surface area contributed by atoms with E-state index in [1.54, 1.807) is 18.6 Å². The van der Waals surface area contributed by atoms with Crippen LogP contribution in [0.1, 0.15) is 28.8 Å². The van der Waals surface area contributed by atoms with Crippen LogP contribution in [0.2, 0.25) is 0 Å². The molecule has 4 aromatic rings. The molecule has 1 fully saturated rings. The summed E-state index contributed by atoms with van der Waals surface area (Å²) in [6.07, 6.45) is 8.75. The molecule has 6 heterocycles. The maximum absolute atomic E-state index is 12.8. The van der Waals surface area contributed by atoms with E-state index < -0.39 is 0 Å². The number of hydrogen-bond acceptors (Lipinski definition) is 7. The normalized spacial score (nSPS) is 17.6. The van der Waals surface area contributed by atoms with E-state index in [2.05, 4.69) is 25.5 Å². The van der Waals surface area contributed by atoms with Crippen LogP contribution in [0.15, 0.2) is 49.1 Å². The Bertz CT molecular complexity index is 1400. The first-order chi connectivity index (χ1) is 16.6. The maximum Gasteiger partial charge on any atom is 0.254 e. The molecule has 2 aliphatic rings. The topological polar surface area (TPSA) is 108 Å². The van der Waals surface area contributed by atoms with E-state index in [0.29, 0.717) is 30.2 Å². The summed E-state index contributed by atoms with van der Waals surface area (Å²) in [6.45, 7) is 1.96. The highest BCUT2D eigenvalue weighted by molar-refractivity contribution is 6.06. The third-order valence-electron chi connectivity index (χ3n) is 6.63. The SMILES string of the molecule is Cn1ccc2c(-c3ncc(Nc4ccc(N5CCCC(O)C5)cn4)c4c3CNC4=O)ccnc21. The lowest BCUT2D eigenvalue weighted by molar-refractivity contribution is 0.0966. The predicted molar refractivity (Wildman–Crippen MR) is 130 cm³/mol. The highest BCUT2D eigenvalue weighted by Gasteiger charge is 2.28. The molecule has 9 nitrogen and oxygen atoms in total. The summed E-state index contributed by atoms with van der Waals surface area (Å²) in [5.41, 5.74) is 5.67. The molecule has 1 atom stereocenters. The summed E-state index contributed by atoms with van der Waals surface area (Å²) >= 11 is 0. The number of aryl methyl sites for hydroxylation is 1. The Morgan fingerprint density at radius 1 is 1.15 bits per heavy atom. The van der Waals surface area contributed by atoms with Crippen LogP contribution in [0.3, 0.4) is 0 Å². The molecular weight excluding hydrogens is 430 g/mol. The van der Waals surface area contributed by atoms with E-state index >= 15 is 0 Å². The van der Waals surface area contributed by atoms with Gasteiger partial charge in [-0.3, -0.25) is 9.78 Å². The minimum atomic E-state index is -0.297. The standard InChI is InChI=1S/C25H25N7O2/c1-31-10-7-18-17(6-8-26-24(18)31)23-19-12-29-25(34)22(19)20(13-28-23)30-21-5-4-15(11-27-21)32-9-2-3-16(33)14-32/h4-8,10-11,13,16,33H,2-3,9,12,14H2,1H3,(H,27,30)(H,29,34). The van der Waals surface area contributed by atoms with Crippen molar-refractivity contribution in [3.8, 4) is 11.3 Å². The lowest BCUT2D eigenvalue weighted by atomic mass is 10.0. The van der Waals surface area contributed by atoms with Crippen LogP contribution >= 0.6 is 0 Å². The first kappa shape index (κ1) is 20.6. The number of hydrogen-bond donors (Lipinski definition) is 3. The summed E-state index contributed by atoms with van der Waals surface area (Å²) in [5, 5.41) is 17.2. The zero-order valence-corrected chi connectivity index (χ0v) is 18.8. The first-order valence-corrected chi connectivity index (χ1v) is 11.4. The van der Waals surface area contributed by atoms with Crippen molar-refractivity contribution in [1.29, 1.82) is 0 Å². The number of pyridine rings is 3. The van der Waals surface area contributed by atoms with Gasteiger partial charge < -0.3 is 25.2 Å². The number of anilines is 3. The van der Waals surface area contributed by atoms with Gasteiger partial charge in [0.15, 0.2) is 0 Å². The van der Waals surface area contributed by atoms with Gasteiger partial charge in [-0.25, -0.2) is 9.97 Å². The van der Waals surface area contributed by atoms with E-state index in [4.69, 9.17) is 4.98 Å². The van der Waals surface area contributed by atoms with Gasteiger partial charge in [-0.15, -0.1) is 0 Å². The largest absolute Gasteiger partial charge is 0.391 e. The van der Waals surface area contributed by atoms with Crippen molar-refractivity contribution in [2.24, 2.45) is 7.05 Å². The number of amides is 1. The molecule has 1 saturated heterocycles. The Balaban J connectivity index is 1.33. The monoisotopic (exact) mass is 455 g/mol. The van der Waals surface area contributed by atoms with Crippen LogP contribution in [0.5, 0.6) is 0 Å². The van der Waals surface area contributed by atoms with Gasteiger partial charge in [-0.2, -0.15) is 0 Å². The van der Waals surface area contributed by atoms with Crippen molar-refractivity contribution >= 4 is 34.1 Å². The highest BCUT2D eigenvalue weighted by atomic mass is 16.3. The molecule has 1 amide bonds. The molecule has 0 aromatic carbocycles. The van der Waals surface area contributed by atoms with Crippen molar-refractivity contribution < 1.29 is 9.90 Å². The number of piperidine rings is 1. The Morgan fingerprint density at radius 2 is 2.06 bits per heavy atom. The van der Waals surface area contributed by atoms with E-state index in [9.17, 15) is 9.90 Å². The minimum Gasteiger partial charge on any atom is -0.391 e. The van der Waals surface area contributed by atoms with Gasteiger partial charge in [0.1, 0.15) is 11.5 Å². The van der Waals surface area contributed by atoms with E-state index in [0.717, 1.165) is 52.9 Å². The average molecular weight is 456 g/mol. The van der Waals surface area contributed by atoms with E-state index in [-0.39, 0.29) is 12.0 Å². The summed E-state index contributed by atoms with van der Waals surface area (Å²) in [7, 11) is 1.96. The second-order valence-corrected chi connectivity index (χ2v) is 8.85.